The van der Waals surface area contributed by atoms with Crippen molar-refractivity contribution >= 4 is 12.0 Å². The van der Waals surface area contributed by atoms with E-state index in [1.165, 1.54) is 0 Å². The first kappa shape index (κ1) is 15.6. The normalized spacial score (nSPS) is 17.8. The van der Waals surface area contributed by atoms with Crippen LogP contribution in [0.4, 0.5) is 4.79 Å². The Morgan fingerprint density at radius 2 is 1.79 bits per heavy atom. The third-order valence-corrected chi connectivity index (χ3v) is 3.83. The second kappa shape index (κ2) is 6.85. The summed E-state index contributed by atoms with van der Waals surface area (Å²) in [7, 11) is 0. The molecule has 2 aromatic rings. The number of cyclic esters (lactones) is 1. The third-order valence-electron chi connectivity index (χ3n) is 3.83. The van der Waals surface area contributed by atoms with Gasteiger partial charge in [0.15, 0.2) is 0 Å². The van der Waals surface area contributed by atoms with Crippen molar-refractivity contribution in [3.63, 3.8) is 0 Å². The first-order valence-corrected chi connectivity index (χ1v) is 7.37. The molecule has 7 nitrogen and oxygen atoms in total. The van der Waals surface area contributed by atoms with Crippen LogP contribution in [-0.4, -0.2) is 29.5 Å². The van der Waals surface area contributed by atoms with Crippen LogP contribution in [0.2, 0.25) is 0 Å². The van der Waals surface area contributed by atoms with Crippen LogP contribution in [0.5, 0.6) is 0 Å². The minimum Gasteiger partial charge on any atom is -0.447 e. The van der Waals surface area contributed by atoms with E-state index >= 15 is 0 Å². The van der Waals surface area contributed by atoms with Gasteiger partial charge in [0.1, 0.15) is 6.61 Å². The van der Waals surface area contributed by atoms with E-state index in [1.807, 2.05) is 6.07 Å². The molecule has 0 unspecified atom stereocenters. The number of hydrogen-bond acceptors (Lipinski definition) is 4. The minimum absolute atomic E-state index is 0.0179. The number of carbonyl (C=O) groups is 2. The van der Waals surface area contributed by atoms with Crippen molar-refractivity contribution < 1.29 is 14.3 Å². The van der Waals surface area contributed by atoms with Crippen LogP contribution in [0.1, 0.15) is 22.0 Å². The molecule has 7 heteroatoms. The lowest BCUT2D eigenvalue weighted by molar-refractivity contribution is 0.0762. The van der Waals surface area contributed by atoms with Gasteiger partial charge >= 0.3 is 6.09 Å². The van der Waals surface area contributed by atoms with E-state index in [1.54, 1.807) is 54.6 Å². The lowest BCUT2D eigenvalue weighted by Crippen LogP contribution is -2.41. The number of benzene rings is 2. The second-order valence-corrected chi connectivity index (χ2v) is 5.25. The van der Waals surface area contributed by atoms with Gasteiger partial charge in [0.2, 0.25) is 0 Å². The standard InChI is InChI=1S/C17H14N4O3/c18-20-19-15(12-7-3-1-4-8-12)14-11-24-17(23)21(14)16(22)13-9-5-2-6-10-13/h1-10,14-15H,11H2/t14-,15-/m0/s1. The Bertz CT molecular complexity index is 788. The van der Waals surface area contributed by atoms with Gasteiger partial charge in [-0.05, 0) is 23.2 Å². The van der Waals surface area contributed by atoms with Crippen molar-refractivity contribution in [2.75, 3.05) is 6.61 Å². The minimum atomic E-state index is -0.733. The lowest BCUT2D eigenvalue weighted by Gasteiger charge is -2.25. The van der Waals surface area contributed by atoms with E-state index in [4.69, 9.17) is 10.3 Å². The summed E-state index contributed by atoms with van der Waals surface area (Å²) < 4.78 is 5.05. The van der Waals surface area contributed by atoms with E-state index in [2.05, 4.69) is 10.0 Å². The molecule has 0 bridgehead atoms. The molecule has 1 fully saturated rings. The monoisotopic (exact) mass is 322 g/mol. The maximum atomic E-state index is 12.7. The summed E-state index contributed by atoms with van der Waals surface area (Å²) in [5.41, 5.74) is 9.98. The van der Waals surface area contributed by atoms with E-state index in [0.717, 1.165) is 4.90 Å². The molecule has 1 aliphatic heterocycles. The van der Waals surface area contributed by atoms with Crippen LogP contribution >= 0.6 is 0 Å². The molecular weight excluding hydrogens is 308 g/mol. The fraction of sp³-hybridized carbons (Fsp3) is 0.176. The van der Waals surface area contributed by atoms with Crippen molar-refractivity contribution in [3.8, 4) is 0 Å². The average Bonchev–Trinajstić information content (AvgIpc) is 3.01. The Kier molecular flexibility index (Phi) is 4.45. The highest BCUT2D eigenvalue weighted by molar-refractivity contribution is 6.04. The molecule has 0 saturated carbocycles. The van der Waals surface area contributed by atoms with Crippen molar-refractivity contribution in [3.05, 3.63) is 82.2 Å². The largest absolute Gasteiger partial charge is 0.447 e. The molecule has 0 radical (unpaired) electrons. The Hall–Kier alpha value is -3.31. The summed E-state index contributed by atoms with van der Waals surface area (Å²) in [6.07, 6.45) is -0.733. The Morgan fingerprint density at radius 3 is 2.42 bits per heavy atom. The Morgan fingerprint density at radius 1 is 1.17 bits per heavy atom. The summed E-state index contributed by atoms with van der Waals surface area (Å²) in [6.45, 7) is -0.0179. The Labute approximate surface area is 138 Å². The zero-order chi connectivity index (χ0) is 16.9. The summed E-state index contributed by atoms with van der Waals surface area (Å²) in [6, 6.07) is 16.1. The molecule has 2 amide bonds. The average molecular weight is 322 g/mol. The zero-order valence-corrected chi connectivity index (χ0v) is 12.6. The summed E-state index contributed by atoms with van der Waals surface area (Å²) in [4.78, 5) is 28.7. The molecule has 0 aliphatic carbocycles. The molecule has 24 heavy (non-hydrogen) atoms. The first-order valence-electron chi connectivity index (χ1n) is 7.37. The van der Waals surface area contributed by atoms with E-state index in [0.29, 0.717) is 11.1 Å². The van der Waals surface area contributed by atoms with Gasteiger partial charge in [-0.15, -0.1) is 0 Å². The van der Waals surface area contributed by atoms with Gasteiger partial charge in [-0.2, -0.15) is 0 Å². The molecule has 0 N–H and O–H groups in total. The number of amides is 2. The maximum Gasteiger partial charge on any atom is 0.417 e. The highest BCUT2D eigenvalue weighted by atomic mass is 16.6. The van der Waals surface area contributed by atoms with E-state index in [-0.39, 0.29) is 6.61 Å². The number of hydrogen-bond donors (Lipinski definition) is 0. The smallest absolute Gasteiger partial charge is 0.417 e. The van der Waals surface area contributed by atoms with Crippen molar-refractivity contribution in [2.24, 2.45) is 5.11 Å². The number of rotatable bonds is 4. The summed E-state index contributed by atoms with van der Waals surface area (Å²) in [5.74, 6) is -0.475. The molecule has 0 aromatic heterocycles. The van der Waals surface area contributed by atoms with Crippen molar-refractivity contribution in [1.82, 2.24) is 4.90 Å². The fourth-order valence-corrected chi connectivity index (χ4v) is 2.69. The highest BCUT2D eigenvalue weighted by Gasteiger charge is 2.43. The van der Waals surface area contributed by atoms with Crippen LogP contribution in [-0.2, 0) is 4.74 Å². The Balaban J connectivity index is 1.97. The summed E-state index contributed by atoms with van der Waals surface area (Å²) >= 11 is 0. The SMILES string of the molecule is [N-]=[N+]=N[C@@H](c1ccccc1)[C@@H]1COC(=O)N1C(=O)c1ccccc1. The van der Waals surface area contributed by atoms with Gasteiger partial charge in [0.05, 0.1) is 12.1 Å². The zero-order valence-electron chi connectivity index (χ0n) is 12.6. The van der Waals surface area contributed by atoms with Gasteiger partial charge in [0.25, 0.3) is 5.91 Å². The van der Waals surface area contributed by atoms with Gasteiger partial charge < -0.3 is 4.74 Å². The second-order valence-electron chi connectivity index (χ2n) is 5.25. The van der Waals surface area contributed by atoms with Crippen LogP contribution in [0.25, 0.3) is 10.4 Å². The molecule has 1 heterocycles. The van der Waals surface area contributed by atoms with Crippen LogP contribution < -0.4 is 0 Å². The van der Waals surface area contributed by atoms with Crippen LogP contribution in [0.3, 0.4) is 0 Å². The maximum absolute atomic E-state index is 12.7. The number of ether oxygens (including phenoxy) is 1. The molecular formula is C17H14N4O3. The molecule has 120 valence electrons. The molecule has 2 atom stereocenters. The topological polar surface area (TPSA) is 95.4 Å². The van der Waals surface area contributed by atoms with E-state index < -0.39 is 24.1 Å². The lowest BCUT2D eigenvalue weighted by atomic mass is 9.99. The summed E-state index contributed by atoms with van der Waals surface area (Å²) in [5, 5.41) is 3.79. The van der Waals surface area contributed by atoms with Crippen molar-refractivity contribution in [2.45, 2.75) is 12.1 Å². The van der Waals surface area contributed by atoms with Gasteiger partial charge in [-0.1, -0.05) is 53.6 Å². The van der Waals surface area contributed by atoms with Crippen LogP contribution in [0, 0.1) is 0 Å². The predicted molar refractivity (Wildman–Crippen MR) is 86.1 cm³/mol. The molecule has 2 aromatic carbocycles. The third kappa shape index (κ3) is 2.93. The first-order chi connectivity index (χ1) is 11.7. The quantitative estimate of drug-likeness (QED) is 0.488. The van der Waals surface area contributed by atoms with Crippen LogP contribution in [0.15, 0.2) is 65.8 Å². The molecule has 1 saturated heterocycles. The van der Waals surface area contributed by atoms with Crippen molar-refractivity contribution in [1.29, 1.82) is 0 Å². The highest BCUT2D eigenvalue weighted by Crippen LogP contribution is 2.30. The number of nitrogens with zero attached hydrogens (tertiary/aromatic N) is 4. The van der Waals surface area contributed by atoms with Gasteiger partial charge in [0, 0.05) is 10.5 Å². The van der Waals surface area contributed by atoms with E-state index in [9.17, 15) is 9.59 Å². The fourth-order valence-electron chi connectivity index (χ4n) is 2.69. The molecule has 3 rings (SSSR count). The number of azide groups is 1. The predicted octanol–water partition coefficient (Wildman–Crippen LogP) is 3.70. The number of carbonyl (C=O) groups excluding carboxylic acids is 2. The number of imide groups is 1. The molecule has 1 aliphatic rings. The van der Waals surface area contributed by atoms with Gasteiger partial charge in [-0.3, -0.25) is 4.79 Å². The van der Waals surface area contributed by atoms with Gasteiger partial charge in [-0.25, -0.2) is 9.69 Å². The molecule has 0 spiro atoms.